The number of fused-ring (bicyclic) bond motifs is 3. The van der Waals surface area contributed by atoms with Crippen LogP contribution in [0, 0.1) is 17.3 Å². The zero-order valence-corrected chi connectivity index (χ0v) is 14.5. The molecule has 0 unspecified atom stereocenters. The van der Waals surface area contributed by atoms with Gasteiger partial charge in [-0.1, -0.05) is 20.8 Å². The number of nitrogens with zero attached hydrogens (tertiary/aromatic N) is 3. The summed E-state index contributed by atoms with van der Waals surface area (Å²) in [5.41, 5.74) is 2.72. The Balaban J connectivity index is 1.52. The number of aromatic nitrogens is 2. The fourth-order valence-corrected chi connectivity index (χ4v) is 4.43. The maximum atomic E-state index is 12.8. The third-order valence-corrected chi connectivity index (χ3v) is 6.13. The molecule has 2 bridgehead atoms. The molecule has 3 atom stereocenters. The van der Waals surface area contributed by atoms with Crippen LogP contribution in [0.3, 0.4) is 0 Å². The van der Waals surface area contributed by atoms with Gasteiger partial charge in [0.05, 0.1) is 11.0 Å². The lowest BCUT2D eigenvalue weighted by Gasteiger charge is -2.40. The number of hydrogen-bond donors (Lipinski definition) is 1. The molecule has 1 aliphatic carbocycles. The SMILES string of the molecule is C[C@@H]1[C@@H]2C[C@@H](CC1(C)C)N(C(=O)Nc1ccc3nccnc3c1)C2. The highest BCUT2D eigenvalue weighted by Gasteiger charge is 2.48. The molecule has 5 heteroatoms. The molecule has 1 N–H and O–H groups in total. The molecule has 1 aromatic heterocycles. The third-order valence-electron chi connectivity index (χ3n) is 6.13. The standard InChI is InChI=1S/C19H24N4O/c1-12-13-8-15(10-19(12,2)3)23(11-13)18(24)22-14-4-5-16-17(9-14)21-7-6-20-16/h4-7,9,12-13,15H,8,10-11H2,1-3H3,(H,22,24)/t12-,13-,15+/m1/s1. The van der Waals surface area contributed by atoms with Crippen LogP contribution in [0.1, 0.15) is 33.6 Å². The Bertz CT molecular complexity index is 788. The number of anilines is 1. The van der Waals surface area contributed by atoms with Crippen LogP contribution >= 0.6 is 0 Å². The molecule has 1 saturated heterocycles. The maximum absolute atomic E-state index is 12.8. The van der Waals surface area contributed by atoms with E-state index in [-0.39, 0.29) is 6.03 Å². The van der Waals surface area contributed by atoms with Gasteiger partial charge in [0.2, 0.25) is 0 Å². The van der Waals surface area contributed by atoms with Crippen molar-refractivity contribution < 1.29 is 4.79 Å². The Morgan fingerprint density at radius 1 is 1.25 bits per heavy atom. The first-order valence-electron chi connectivity index (χ1n) is 8.72. The first kappa shape index (κ1) is 15.4. The van der Waals surface area contributed by atoms with Gasteiger partial charge in [-0.2, -0.15) is 0 Å². The Labute approximate surface area is 142 Å². The van der Waals surface area contributed by atoms with Crippen molar-refractivity contribution in [3.63, 3.8) is 0 Å². The number of benzene rings is 1. The molecule has 4 rings (SSSR count). The first-order valence-corrected chi connectivity index (χ1v) is 8.72. The molecule has 2 fully saturated rings. The Morgan fingerprint density at radius 3 is 2.79 bits per heavy atom. The molecule has 5 nitrogen and oxygen atoms in total. The van der Waals surface area contributed by atoms with Gasteiger partial charge in [0.25, 0.3) is 0 Å². The minimum atomic E-state index is 0.00985. The number of carbonyl (C=O) groups is 1. The summed E-state index contributed by atoms with van der Waals surface area (Å²) in [6.07, 6.45) is 5.57. The van der Waals surface area contributed by atoms with Gasteiger partial charge in [0.1, 0.15) is 0 Å². The summed E-state index contributed by atoms with van der Waals surface area (Å²) in [6, 6.07) is 6.04. The Morgan fingerprint density at radius 2 is 2.00 bits per heavy atom. The average molecular weight is 324 g/mol. The Kier molecular flexibility index (Phi) is 3.48. The van der Waals surface area contributed by atoms with E-state index in [1.54, 1.807) is 12.4 Å². The average Bonchev–Trinajstić information content (AvgIpc) is 2.92. The number of hydrogen-bond acceptors (Lipinski definition) is 3. The lowest BCUT2D eigenvalue weighted by atomic mass is 9.65. The van der Waals surface area contributed by atoms with Crippen molar-refractivity contribution in [2.24, 2.45) is 17.3 Å². The van der Waals surface area contributed by atoms with E-state index in [4.69, 9.17) is 0 Å². The maximum Gasteiger partial charge on any atom is 0.322 e. The molecular formula is C19H24N4O. The molecule has 2 amide bonds. The fraction of sp³-hybridized carbons (Fsp3) is 0.526. The minimum Gasteiger partial charge on any atom is -0.321 e. The summed E-state index contributed by atoms with van der Waals surface area (Å²) >= 11 is 0. The summed E-state index contributed by atoms with van der Waals surface area (Å²) in [6.45, 7) is 7.87. The molecule has 2 heterocycles. The van der Waals surface area contributed by atoms with Gasteiger partial charge in [0, 0.05) is 30.7 Å². The van der Waals surface area contributed by atoms with Crippen LogP contribution in [0.25, 0.3) is 11.0 Å². The molecule has 0 spiro atoms. The second-order valence-corrected chi connectivity index (χ2v) is 7.97. The quantitative estimate of drug-likeness (QED) is 0.865. The van der Waals surface area contributed by atoms with Crippen molar-refractivity contribution in [3.05, 3.63) is 30.6 Å². The predicted octanol–water partition coefficient (Wildman–Crippen LogP) is 3.92. The van der Waals surface area contributed by atoms with Crippen LogP contribution in [0.15, 0.2) is 30.6 Å². The third kappa shape index (κ3) is 2.52. The highest BCUT2D eigenvalue weighted by atomic mass is 16.2. The number of nitrogens with one attached hydrogen (secondary N) is 1. The minimum absolute atomic E-state index is 0.00985. The molecule has 1 aliphatic heterocycles. The van der Waals surface area contributed by atoms with Gasteiger partial charge >= 0.3 is 6.03 Å². The van der Waals surface area contributed by atoms with Crippen LogP contribution in [0.5, 0.6) is 0 Å². The van der Waals surface area contributed by atoms with Crippen molar-refractivity contribution in [2.45, 2.75) is 39.7 Å². The summed E-state index contributed by atoms with van der Waals surface area (Å²) in [7, 11) is 0. The van der Waals surface area contributed by atoms with E-state index in [9.17, 15) is 4.79 Å². The predicted molar refractivity (Wildman–Crippen MR) is 94.7 cm³/mol. The zero-order valence-electron chi connectivity index (χ0n) is 14.5. The second kappa shape index (κ2) is 5.43. The van der Waals surface area contributed by atoms with Gasteiger partial charge in [-0.15, -0.1) is 0 Å². The van der Waals surface area contributed by atoms with E-state index in [0.29, 0.717) is 23.3 Å². The van der Waals surface area contributed by atoms with Gasteiger partial charge in [0.15, 0.2) is 0 Å². The molecule has 2 aliphatic rings. The highest BCUT2D eigenvalue weighted by molar-refractivity contribution is 5.92. The van der Waals surface area contributed by atoms with E-state index >= 15 is 0 Å². The van der Waals surface area contributed by atoms with Crippen LogP contribution < -0.4 is 5.32 Å². The molecule has 24 heavy (non-hydrogen) atoms. The van der Waals surface area contributed by atoms with Gasteiger partial charge < -0.3 is 10.2 Å². The van der Waals surface area contributed by atoms with Crippen molar-refractivity contribution in [1.82, 2.24) is 14.9 Å². The van der Waals surface area contributed by atoms with E-state index in [1.165, 1.54) is 0 Å². The normalized spacial score (nSPS) is 28.1. The molecular weight excluding hydrogens is 300 g/mol. The van der Waals surface area contributed by atoms with Crippen molar-refractivity contribution in [1.29, 1.82) is 0 Å². The van der Waals surface area contributed by atoms with Gasteiger partial charge in [-0.05, 0) is 48.3 Å². The second-order valence-electron chi connectivity index (χ2n) is 7.97. The molecule has 1 aromatic carbocycles. The van der Waals surface area contributed by atoms with Crippen molar-refractivity contribution >= 4 is 22.8 Å². The molecule has 2 aromatic rings. The Hall–Kier alpha value is -2.17. The summed E-state index contributed by atoms with van der Waals surface area (Å²) < 4.78 is 0. The van der Waals surface area contributed by atoms with Crippen LogP contribution in [0.4, 0.5) is 10.5 Å². The summed E-state index contributed by atoms with van der Waals surface area (Å²) in [5.74, 6) is 1.27. The number of likely N-dealkylation sites (tertiary alicyclic amines) is 1. The summed E-state index contributed by atoms with van der Waals surface area (Å²) in [5, 5.41) is 3.05. The van der Waals surface area contributed by atoms with Crippen LogP contribution in [0.2, 0.25) is 0 Å². The van der Waals surface area contributed by atoms with E-state index < -0.39 is 0 Å². The summed E-state index contributed by atoms with van der Waals surface area (Å²) in [4.78, 5) is 23.4. The monoisotopic (exact) mass is 324 g/mol. The van der Waals surface area contributed by atoms with E-state index in [1.807, 2.05) is 23.1 Å². The molecule has 126 valence electrons. The van der Waals surface area contributed by atoms with E-state index in [0.717, 1.165) is 36.1 Å². The molecule has 0 radical (unpaired) electrons. The van der Waals surface area contributed by atoms with Gasteiger partial charge in [-0.3, -0.25) is 9.97 Å². The number of rotatable bonds is 1. The lowest BCUT2D eigenvalue weighted by molar-refractivity contribution is 0.104. The molecule has 1 saturated carbocycles. The zero-order chi connectivity index (χ0) is 16.9. The number of amides is 2. The first-order chi connectivity index (χ1) is 11.4. The highest BCUT2D eigenvalue weighted by Crippen LogP contribution is 2.49. The van der Waals surface area contributed by atoms with Crippen molar-refractivity contribution in [3.8, 4) is 0 Å². The topological polar surface area (TPSA) is 58.1 Å². The van der Waals surface area contributed by atoms with Crippen LogP contribution in [-0.2, 0) is 0 Å². The van der Waals surface area contributed by atoms with E-state index in [2.05, 4.69) is 36.1 Å². The van der Waals surface area contributed by atoms with Crippen LogP contribution in [-0.4, -0.2) is 33.5 Å². The number of urea groups is 1. The van der Waals surface area contributed by atoms with Gasteiger partial charge in [-0.25, -0.2) is 4.79 Å². The largest absolute Gasteiger partial charge is 0.322 e. The number of carbonyl (C=O) groups excluding carboxylic acids is 1. The fourth-order valence-electron chi connectivity index (χ4n) is 4.43. The smallest absolute Gasteiger partial charge is 0.321 e. The van der Waals surface area contributed by atoms with Crippen molar-refractivity contribution in [2.75, 3.05) is 11.9 Å². The lowest BCUT2D eigenvalue weighted by Crippen LogP contribution is -2.41.